The third kappa shape index (κ3) is 4.45. The minimum absolute atomic E-state index is 0.597. The van der Waals surface area contributed by atoms with Crippen molar-refractivity contribution in [2.45, 2.75) is 0 Å². The molecule has 0 radical (unpaired) electrons. The van der Waals surface area contributed by atoms with Crippen LogP contribution in [-0.4, -0.2) is 39.9 Å². The third-order valence-electron chi connectivity index (χ3n) is 7.68. The quantitative estimate of drug-likeness (QED) is 0.147. The highest BCUT2D eigenvalue weighted by Crippen LogP contribution is 2.38. The first-order chi connectivity index (χ1) is 21.4. The van der Waals surface area contributed by atoms with Gasteiger partial charge in [-0.05, 0) is 163 Å². The summed E-state index contributed by atoms with van der Waals surface area (Å²) in [4.78, 5) is 37.4. The number of fused-ring (bicyclic) bond motifs is 20. The highest BCUT2D eigenvalue weighted by molar-refractivity contribution is 14.1. The predicted molar refractivity (Wildman–Crippen MR) is 207 cm³/mol. The van der Waals surface area contributed by atoms with Gasteiger partial charge >= 0.3 is 0 Å². The van der Waals surface area contributed by atoms with Gasteiger partial charge in [0.1, 0.15) is 22.6 Å². The van der Waals surface area contributed by atoms with Gasteiger partial charge in [-0.25, -0.2) is 29.9 Å². The SMILES string of the molecule is Ic1ccc2c(c1)-c1nc-2nc2[nH]c(nc3nc(nc4[nH]c(n1)c1ccc(I)cc41)-c1cc(I)ccc1-3)c1cc(I)ccc21. The summed E-state index contributed by atoms with van der Waals surface area (Å²) in [6, 6.07) is 25.0. The third-order valence-corrected chi connectivity index (χ3v) is 10.4. The molecule has 2 aliphatic heterocycles. The Kier molecular flexibility index (Phi) is 6.46. The number of hydrogen-bond acceptors (Lipinski definition) is 6. The van der Waals surface area contributed by atoms with Gasteiger partial charge in [0.15, 0.2) is 23.3 Å². The first-order valence-corrected chi connectivity index (χ1v) is 17.7. The smallest absolute Gasteiger partial charge is 0.164 e. The lowest BCUT2D eigenvalue weighted by molar-refractivity contribution is 1.19. The Morgan fingerprint density at radius 2 is 0.682 bits per heavy atom. The molecule has 0 atom stereocenters. The average molecular weight is 1020 g/mol. The second-order valence-electron chi connectivity index (χ2n) is 10.4. The van der Waals surface area contributed by atoms with E-state index in [1.54, 1.807) is 0 Å². The summed E-state index contributed by atoms with van der Waals surface area (Å²) in [6.07, 6.45) is 0. The zero-order chi connectivity index (χ0) is 29.7. The van der Waals surface area contributed by atoms with Crippen molar-refractivity contribution in [1.82, 2.24) is 39.9 Å². The van der Waals surface area contributed by atoms with E-state index < -0.39 is 0 Å². The average Bonchev–Trinajstić information content (AvgIpc) is 3.71. The molecule has 9 rings (SSSR count). The maximum absolute atomic E-state index is 5.12. The monoisotopic (exact) mass is 1020 g/mol. The molecule has 210 valence electrons. The van der Waals surface area contributed by atoms with Gasteiger partial charge in [0.05, 0.1) is 0 Å². The molecule has 0 saturated carbocycles. The van der Waals surface area contributed by atoms with Gasteiger partial charge in [0, 0.05) is 58.1 Å². The van der Waals surface area contributed by atoms with Gasteiger partial charge in [-0.15, -0.1) is 0 Å². The molecule has 0 spiro atoms. The summed E-state index contributed by atoms with van der Waals surface area (Å²) < 4.78 is 4.39. The van der Waals surface area contributed by atoms with Crippen LogP contribution in [-0.2, 0) is 0 Å². The summed E-state index contributed by atoms with van der Waals surface area (Å²) in [6.45, 7) is 0. The lowest BCUT2D eigenvalue weighted by atomic mass is 10.1. The molecule has 8 bridgehead atoms. The van der Waals surface area contributed by atoms with E-state index in [1.807, 2.05) is 0 Å². The van der Waals surface area contributed by atoms with E-state index in [0.29, 0.717) is 45.9 Å². The Hall–Kier alpha value is -2.84. The van der Waals surface area contributed by atoms with Gasteiger partial charge in [-0.2, -0.15) is 0 Å². The number of nitrogens with one attached hydrogen (secondary N) is 2. The first-order valence-electron chi connectivity index (χ1n) is 13.4. The Labute approximate surface area is 303 Å². The molecule has 5 heterocycles. The number of halogens is 4. The fourth-order valence-corrected chi connectivity index (χ4v) is 7.65. The minimum atomic E-state index is 0.597. The van der Waals surface area contributed by atoms with E-state index in [-0.39, 0.29) is 0 Å². The van der Waals surface area contributed by atoms with Gasteiger partial charge in [-0.3, -0.25) is 0 Å². The van der Waals surface area contributed by atoms with E-state index >= 15 is 0 Å². The van der Waals surface area contributed by atoms with Crippen molar-refractivity contribution in [3.8, 4) is 45.6 Å². The Bertz CT molecular complexity index is 2570. The van der Waals surface area contributed by atoms with Crippen LogP contribution in [0.15, 0.2) is 72.8 Å². The molecule has 7 aromatic rings. The predicted octanol–water partition coefficient (Wildman–Crippen LogP) is 9.29. The number of H-pyrrole nitrogens is 2. The molecule has 2 aliphatic rings. The van der Waals surface area contributed by atoms with Crippen LogP contribution in [0.4, 0.5) is 0 Å². The van der Waals surface area contributed by atoms with Crippen molar-refractivity contribution in [2.24, 2.45) is 0 Å². The summed E-state index contributed by atoms with van der Waals surface area (Å²) in [5.74, 6) is 2.39. The van der Waals surface area contributed by atoms with Crippen LogP contribution in [0.5, 0.6) is 0 Å². The topological polar surface area (TPSA) is 109 Å². The standard InChI is InChI=1S/C32H14I4N8/c33-13-1-5-17-21(9-13)29-38-25(17)37-26-18-6-2-14(34)10-22(18)30(39-26)41-28-20-8-4-16(36)12-24(20)32(43-28)44-31-23-11-15(35)3-7-19(23)27(40-29)42-31/h1-12H,(H2,37,38,39,40,41,42,43,44). The van der Waals surface area contributed by atoms with Crippen LogP contribution in [0.25, 0.3) is 89.7 Å². The number of aromatic amines is 2. The Morgan fingerprint density at radius 1 is 0.341 bits per heavy atom. The molecule has 0 saturated heterocycles. The van der Waals surface area contributed by atoms with E-state index in [1.165, 1.54) is 0 Å². The normalized spacial score (nSPS) is 12.1. The molecule has 3 aromatic heterocycles. The fourth-order valence-electron chi connectivity index (χ4n) is 5.68. The van der Waals surface area contributed by atoms with Gasteiger partial charge in [0.2, 0.25) is 0 Å². The van der Waals surface area contributed by atoms with Crippen LogP contribution in [0.3, 0.4) is 0 Å². The first kappa shape index (κ1) is 27.5. The second kappa shape index (κ2) is 10.3. The summed E-state index contributed by atoms with van der Waals surface area (Å²) in [5, 5.41) is 3.84. The second-order valence-corrected chi connectivity index (χ2v) is 15.4. The molecular formula is C32H14I4N8. The van der Waals surface area contributed by atoms with Gasteiger partial charge < -0.3 is 9.97 Å². The van der Waals surface area contributed by atoms with Crippen molar-refractivity contribution >= 4 is 134 Å². The zero-order valence-corrected chi connectivity index (χ0v) is 30.8. The summed E-state index contributed by atoms with van der Waals surface area (Å²) in [7, 11) is 0. The lowest BCUT2D eigenvalue weighted by Crippen LogP contribution is -1.84. The molecule has 0 aliphatic carbocycles. The highest BCUT2D eigenvalue weighted by Gasteiger charge is 2.23. The largest absolute Gasteiger partial charge is 0.324 e. The molecule has 4 aromatic carbocycles. The molecule has 0 amide bonds. The molecule has 2 N–H and O–H groups in total. The molecule has 0 fully saturated rings. The van der Waals surface area contributed by atoms with Gasteiger partial charge in [-0.1, -0.05) is 0 Å². The van der Waals surface area contributed by atoms with Crippen LogP contribution in [0.1, 0.15) is 0 Å². The highest BCUT2D eigenvalue weighted by atomic mass is 127. The van der Waals surface area contributed by atoms with E-state index in [0.717, 1.165) is 58.1 Å². The van der Waals surface area contributed by atoms with Gasteiger partial charge in [0.25, 0.3) is 0 Å². The maximum atomic E-state index is 5.12. The van der Waals surface area contributed by atoms with Crippen LogP contribution < -0.4 is 0 Å². The number of benzene rings is 4. The van der Waals surface area contributed by atoms with E-state index in [9.17, 15) is 0 Å². The molecule has 8 nitrogen and oxygen atoms in total. The van der Waals surface area contributed by atoms with Crippen LogP contribution in [0, 0.1) is 14.3 Å². The van der Waals surface area contributed by atoms with Crippen molar-refractivity contribution < 1.29 is 0 Å². The van der Waals surface area contributed by atoms with Crippen molar-refractivity contribution in [2.75, 3.05) is 0 Å². The summed E-state index contributed by atoms with van der Waals surface area (Å²) in [5.41, 5.74) is 6.47. The summed E-state index contributed by atoms with van der Waals surface area (Å²) >= 11 is 9.31. The van der Waals surface area contributed by atoms with Crippen LogP contribution in [0.2, 0.25) is 0 Å². The van der Waals surface area contributed by atoms with E-state index in [4.69, 9.17) is 29.9 Å². The minimum Gasteiger partial charge on any atom is -0.324 e. The molecular weight excluding hydrogens is 1000 g/mol. The molecule has 12 heteroatoms. The Balaban J connectivity index is 1.51. The van der Waals surface area contributed by atoms with Crippen LogP contribution >= 0.6 is 90.4 Å². The Morgan fingerprint density at radius 3 is 1.11 bits per heavy atom. The van der Waals surface area contributed by atoms with Crippen molar-refractivity contribution in [3.05, 3.63) is 87.1 Å². The maximum Gasteiger partial charge on any atom is 0.164 e. The number of rotatable bonds is 0. The molecule has 44 heavy (non-hydrogen) atoms. The lowest BCUT2D eigenvalue weighted by Gasteiger charge is -1.99. The molecule has 0 unspecified atom stereocenters. The number of aromatic nitrogens is 8. The number of nitrogens with zero attached hydrogens (tertiary/aromatic N) is 6. The number of hydrogen-bond donors (Lipinski definition) is 2. The zero-order valence-electron chi connectivity index (χ0n) is 22.1. The fraction of sp³-hybridized carbons (Fsp3) is 0. The van der Waals surface area contributed by atoms with Crippen molar-refractivity contribution in [1.29, 1.82) is 0 Å². The van der Waals surface area contributed by atoms with Crippen molar-refractivity contribution in [3.63, 3.8) is 0 Å². The van der Waals surface area contributed by atoms with E-state index in [2.05, 4.69) is 173 Å².